The molecular weight excluding hydrogens is 498 g/mol. The first-order valence-corrected chi connectivity index (χ1v) is 12.2. The van der Waals surface area contributed by atoms with Crippen molar-refractivity contribution < 1.29 is 4.74 Å². The molecule has 4 aromatic carbocycles. The highest BCUT2D eigenvalue weighted by atomic mass is 79.9. The molecule has 35 heavy (non-hydrogen) atoms. The second-order valence-electron chi connectivity index (χ2n) is 8.51. The molecule has 6 aromatic rings. The number of aryl methyl sites for hydroxylation is 1. The molecule has 0 unspecified atom stereocenters. The van der Waals surface area contributed by atoms with Crippen molar-refractivity contribution in [1.29, 1.82) is 0 Å². The van der Waals surface area contributed by atoms with Gasteiger partial charge in [-0.1, -0.05) is 64.0 Å². The summed E-state index contributed by atoms with van der Waals surface area (Å²) in [5, 5.41) is 1.11. The van der Waals surface area contributed by atoms with Gasteiger partial charge in [0, 0.05) is 38.3 Å². The number of para-hydroxylation sites is 1. The second kappa shape index (κ2) is 8.93. The van der Waals surface area contributed by atoms with Crippen LogP contribution in [0.3, 0.4) is 0 Å². The van der Waals surface area contributed by atoms with Crippen LogP contribution in [0.25, 0.3) is 44.8 Å². The van der Waals surface area contributed by atoms with E-state index < -0.39 is 0 Å². The lowest BCUT2D eigenvalue weighted by atomic mass is 10.0. The summed E-state index contributed by atoms with van der Waals surface area (Å²) in [7, 11) is 0. The molecule has 0 saturated carbocycles. The zero-order valence-electron chi connectivity index (χ0n) is 19.0. The lowest BCUT2D eigenvalue weighted by Gasteiger charge is -2.07. The monoisotopic (exact) mass is 519 g/mol. The van der Waals surface area contributed by atoms with Gasteiger partial charge in [0.25, 0.3) is 0 Å². The van der Waals surface area contributed by atoms with Gasteiger partial charge in [0.05, 0.1) is 11.4 Å². The fourth-order valence-electron chi connectivity index (χ4n) is 4.23. The number of aromatic amines is 2. The minimum absolute atomic E-state index is 0.786. The number of nitrogens with one attached hydrogen (secondary N) is 2. The van der Waals surface area contributed by atoms with Crippen molar-refractivity contribution in [2.24, 2.45) is 0 Å². The van der Waals surface area contributed by atoms with Crippen LogP contribution in [0.5, 0.6) is 11.5 Å². The molecule has 2 N–H and O–H groups in total. The minimum Gasteiger partial charge on any atom is -0.457 e. The summed E-state index contributed by atoms with van der Waals surface area (Å²) in [6.45, 7) is 2.10. The van der Waals surface area contributed by atoms with Crippen molar-refractivity contribution >= 4 is 26.8 Å². The van der Waals surface area contributed by atoms with Crippen LogP contribution in [0.2, 0.25) is 0 Å². The minimum atomic E-state index is 0.786. The Labute approximate surface area is 211 Å². The third-order valence-electron chi connectivity index (χ3n) is 6.05. The van der Waals surface area contributed by atoms with E-state index in [0.29, 0.717) is 0 Å². The van der Waals surface area contributed by atoms with Crippen LogP contribution in [0.15, 0.2) is 108 Å². The molecule has 2 aromatic heterocycles. The summed E-state index contributed by atoms with van der Waals surface area (Å²) in [5.41, 5.74) is 7.32. The first-order chi connectivity index (χ1) is 17.1. The van der Waals surface area contributed by atoms with E-state index in [9.17, 15) is 0 Å². The van der Waals surface area contributed by atoms with Gasteiger partial charge in [-0.05, 0) is 61.5 Å². The van der Waals surface area contributed by atoms with Gasteiger partial charge in [-0.25, -0.2) is 4.98 Å². The Bertz CT molecular complexity index is 1610. The number of halogens is 1. The maximum Gasteiger partial charge on any atom is 0.140 e. The van der Waals surface area contributed by atoms with Crippen molar-refractivity contribution in [3.8, 4) is 45.4 Å². The highest BCUT2D eigenvalue weighted by Crippen LogP contribution is 2.37. The fourth-order valence-corrected chi connectivity index (χ4v) is 4.59. The number of ether oxygens (including phenoxy) is 1. The number of hydrogen-bond acceptors (Lipinski definition) is 2. The molecule has 6 rings (SSSR count). The largest absolute Gasteiger partial charge is 0.457 e. The number of aromatic nitrogens is 3. The van der Waals surface area contributed by atoms with Crippen LogP contribution in [0.4, 0.5) is 0 Å². The number of rotatable bonds is 5. The molecular formula is C30H22BrN3O. The number of nitrogens with zero attached hydrogens (tertiary/aromatic N) is 1. The van der Waals surface area contributed by atoms with Gasteiger partial charge >= 0.3 is 0 Å². The Morgan fingerprint density at radius 3 is 2.26 bits per heavy atom. The Morgan fingerprint density at radius 2 is 1.49 bits per heavy atom. The number of H-pyrrole nitrogens is 2. The first-order valence-electron chi connectivity index (χ1n) is 11.4. The zero-order chi connectivity index (χ0) is 23.8. The predicted octanol–water partition coefficient (Wildman–Crippen LogP) is 8.76. The average molecular weight is 520 g/mol. The van der Waals surface area contributed by atoms with E-state index in [0.717, 1.165) is 60.8 Å². The first kappa shape index (κ1) is 21.4. The SMILES string of the molecule is Cc1ccc(-c2[nH]c(-c3c[nH]c4ccc(Br)cc34)nc2-c2ccc(Oc3ccccc3)cc2)cc1. The van der Waals surface area contributed by atoms with E-state index in [4.69, 9.17) is 9.72 Å². The molecule has 0 saturated heterocycles. The molecule has 5 heteroatoms. The fraction of sp³-hybridized carbons (Fsp3) is 0.0333. The molecule has 0 aliphatic carbocycles. The Kier molecular flexibility index (Phi) is 5.47. The highest BCUT2D eigenvalue weighted by Gasteiger charge is 2.18. The van der Waals surface area contributed by atoms with Crippen LogP contribution in [0.1, 0.15) is 5.56 Å². The summed E-state index contributed by atoms with van der Waals surface area (Å²) in [4.78, 5) is 12.1. The van der Waals surface area contributed by atoms with Gasteiger partial charge in [0.1, 0.15) is 17.3 Å². The lowest BCUT2D eigenvalue weighted by Crippen LogP contribution is -1.86. The van der Waals surface area contributed by atoms with Crippen molar-refractivity contribution in [1.82, 2.24) is 15.0 Å². The molecule has 0 radical (unpaired) electrons. The van der Waals surface area contributed by atoms with Crippen LogP contribution in [-0.2, 0) is 0 Å². The quantitative estimate of drug-likeness (QED) is 0.239. The van der Waals surface area contributed by atoms with Gasteiger partial charge in [0.2, 0.25) is 0 Å². The summed E-state index contributed by atoms with van der Waals surface area (Å²) in [6, 6.07) is 32.6. The predicted molar refractivity (Wildman–Crippen MR) is 146 cm³/mol. The van der Waals surface area contributed by atoms with Gasteiger partial charge < -0.3 is 14.7 Å². The lowest BCUT2D eigenvalue weighted by molar-refractivity contribution is 0.483. The van der Waals surface area contributed by atoms with E-state index in [1.165, 1.54) is 5.56 Å². The third kappa shape index (κ3) is 4.27. The van der Waals surface area contributed by atoms with Crippen LogP contribution in [0, 0.1) is 6.92 Å². The van der Waals surface area contributed by atoms with E-state index in [1.807, 2.05) is 54.7 Å². The zero-order valence-corrected chi connectivity index (χ0v) is 20.6. The molecule has 0 aliphatic heterocycles. The maximum atomic E-state index is 5.98. The Morgan fingerprint density at radius 1 is 0.771 bits per heavy atom. The van der Waals surface area contributed by atoms with E-state index in [2.05, 4.69) is 81.4 Å². The molecule has 0 amide bonds. The smallest absolute Gasteiger partial charge is 0.140 e. The normalized spacial score (nSPS) is 11.1. The molecule has 0 atom stereocenters. The summed E-state index contributed by atoms with van der Waals surface area (Å²) in [6.07, 6.45) is 2.01. The molecule has 0 fully saturated rings. The average Bonchev–Trinajstić information content (AvgIpc) is 3.50. The molecule has 4 nitrogen and oxygen atoms in total. The van der Waals surface area contributed by atoms with Gasteiger partial charge in [0.15, 0.2) is 0 Å². The van der Waals surface area contributed by atoms with E-state index >= 15 is 0 Å². The summed E-state index contributed by atoms with van der Waals surface area (Å²) >= 11 is 3.60. The van der Waals surface area contributed by atoms with Crippen molar-refractivity contribution in [2.75, 3.05) is 0 Å². The van der Waals surface area contributed by atoms with Gasteiger partial charge in [-0.15, -0.1) is 0 Å². The van der Waals surface area contributed by atoms with Crippen LogP contribution in [-0.4, -0.2) is 15.0 Å². The number of fused-ring (bicyclic) bond motifs is 1. The number of benzene rings is 4. The van der Waals surface area contributed by atoms with Crippen molar-refractivity contribution in [2.45, 2.75) is 6.92 Å². The van der Waals surface area contributed by atoms with Crippen LogP contribution >= 0.6 is 15.9 Å². The number of imidazole rings is 1. The molecule has 0 bridgehead atoms. The Hall–Kier alpha value is -4.09. The standard InChI is InChI=1S/C30H22BrN3O/c1-19-7-9-20(10-8-19)28-29(21-11-14-24(15-12-21)35-23-5-3-2-4-6-23)34-30(33-28)26-18-32-27-16-13-22(31)17-25(26)27/h2-18,32H,1H3,(H,33,34). The third-order valence-corrected chi connectivity index (χ3v) is 6.54. The molecule has 0 spiro atoms. The van der Waals surface area contributed by atoms with E-state index in [1.54, 1.807) is 0 Å². The van der Waals surface area contributed by atoms with Gasteiger partial charge in [-0.3, -0.25) is 0 Å². The number of hydrogen-bond donors (Lipinski definition) is 2. The maximum absolute atomic E-state index is 5.98. The molecule has 0 aliphatic rings. The second-order valence-corrected chi connectivity index (χ2v) is 9.42. The molecule has 2 heterocycles. The molecule has 170 valence electrons. The van der Waals surface area contributed by atoms with Crippen molar-refractivity contribution in [3.05, 3.63) is 113 Å². The van der Waals surface area contributed by atoms with Crippen molar-refractivity contribution in [3.63, 3.8) is 0 Å². The highest BCUT2D eigenvalue weighted by molar-refractivity contribution is 9.10. The Balaban J connectivity index is 1.44. The van der Waals surface area contributed by atoms with Gasteiger partial charge in [-0.2, -0.15) is 0 Å². The topological polar surface area (TPSA) is 53.7 Å². The van der Waals surface area contributed by atoms with E-state index in [-0.39, 0.29) is 0 Å². The summed E-state index contributed by atoms with van der Waals surface area (Å²) < 4.78 is 7.02. The van der Waals surface area contributed by atoms with Crippen LogP contribution < -0.4 is 4.74 Å². The summed E-state index contributed by atoms with van der Waals surface area (Å²) in [5.74, 6) is 2.42.